The van der Waals surface area contributed by atoms with Gasteiger partial charge in [-0.1, -0.05) is 0 Å². The maximum absolute atomic E-state index is 13.9. The van der Waals surface area contributed by atoms with Crippen molar-refractivity contribution in [1.29, 1.82) is 0 Å². The molecule has 0 radical (unpaired) electrons. The highest BCUT2D eigenvalue weighted by molar-refractivity contribution is 6.00. The van der Waals surface area contributed by atoms with E-state index in [-0.39, 0.29) is 16.9 Å². The second-order valence-electron chi connectivity index (χ2n) is 8.64. The van der Waals surface area contributed by atoms with Crippen molar-refractivity contribution in [2.45, 2.75) is 12.7 Å². The Morgan fingerprint density at radius 2 is 1.78 bits per heavy atom. The van der Waals surface area contributed by atoms with Gasteiger partial charge >= 0.3 is 6.18 Å². The Morgan fingerprint density at radius 1 is 1.06 bits per heavy atom. The molecule has 1 amide bonds. The van der Waals surface area contributed by atoms with Gasteiger partial charge in [-0.2, -0.15) is 23.4 Å². The van der Waals surface area contributed by atoms with E-state index in [0.29, 0.717) is 48.6 Å². The van der Waals surface area contributed by atoms with Gasteiger partial charge in [0, 0.05) is 57.1 Å². The molecular weight excluding hydrogens is 475 g/mol. The molecule has 1 aromatic carbocycles. The molecule has 188 valence electrons. The summed E-state index contributed by atoms with van der Waals surface area (Å²) in [6.07, 6.45) is 0.230. The van der Waals surface area contributed by atoms with Crippen LogP contribution in [-0.4, -0.2) is 73.4 Å². The largest absolute Gasteiger partial charge is 0.497 e. The number of halogens is 3. The molecule has 4 heterocycles. The highest BCUT2D eigenvalue weighted by Crippen LogP contribution is 2.33. The summed E-state index contributed by atoms with van der Waals surface area (Å²) in [4.78, 5) is 21.6. The molecule has 9 nitrogen and oxygen atoms in total. The van der Waals surface area contributed by atoms with Crippen LogP contribution in [-0.2, 0) is 19.8 Å². The fourth-order valence-electron chi connectivity index (χ4n) is 4.32. The highest BCUT2D eigenvalue weighted by Gasteiger charge is 2.36. The number of methoxy groups -OCH3 is 1. The van der Waals surface area contributed by atoms with Crippen molar-refractivity contribution in [2.75, 3.05) is 33.3 Å². The summed E-state index contributed by atoms with van der Waals surface area (Å²) in [5.41, 5.74) is 0.546. The van der Waals surface area contributed by atoms with Crippen molar-refractivity contribution in [2.24, 2.45) is 7.05 Å². The van der Waals surface area contributed by atoms with Crippen LogP contribution in [0.25, 0.3) is 16.9 Å². The predicted molar refractivity (Wildman–Crippen MR) is 124 cm³/mol. The molecule has 3 aromatic heterocycles. The van der Waals surface area contributed by atoms with E-state index in [0.717, 1.165) is 11.6 Å². The zero-order chi connectivity index (χ0) is 25.4. The van der Waals surface area contributed by atoms with Gasteiger partial charge in [0.15, 0.2) is 11.3 Å². The molecule has 0 bridgehead atoms. The minimum absolute atomic E-state index is 0.0385. The fraction of sp³-hybridized carbons (Fsp3) is 0.333. The molecule has 5 rings (SSSR count). The van der Waals surface area contributed by atoms with Gasteiger partial charge in [0.1, 0.15) is 11.3 Å². The van der Waals surface area contributed by atoms with Crippen molar-refractivity contribution in [3.8, 4) is 17.0 Å². The Bertz CT molecular complexity index is 1390. The second kappa shape index (κ2) is 9.26. The average molecular weight is 499 g/mol. The van der Waals surface area contributed by atoms with Crippen molar-refractivity contribution < 1.29 is 22.7 Å². The Hall–Kier alpha value is -3.93. The number of aryl methyl sites for hydroxylation is 1. The standard InChI is InChI=1S/C24H24F3N7O2/c1-31-14-16(12-28-31)15-32-7-9-33(10-8-32)23(35)19-13-29-34-21(24(25,26)27)11-20(30-22(19)34)17-3-5-18(36-2)6-4-17/h3-6,11-14H,7-10,15H2,1-2H3. The van der Waals surface area contributed by atoms with Crippen LogP contribution >= 0.6 is 0 Å². The van der Waals surface area contributed by atoms with Crippen molar-refractivity contribution in [1.82, 2.24) is 34.2 Å². The molecule has 12 heteroatoms. The topological polar surface area (TPSA) is 80.8 Å². The summed E-state index contributed by atoms with van der Waals surface area (Å²) in [5, 5.41) is 8.06. The molecule has 1 saturated heterocycles. The smallest absolute Gasteiger partial charge is 0.433 e. The van der Waals surface area contributed by atoms with E-state index >= 15 is 0 Å². The predicted octanol–water partition coefficient (Wildman–Crippen LogP) is 3.12. The van der Waals surface area contributed by atoms with E-state index in [1.165, 1.54) is 13.3 Å². The van der Waals surface area contributed by atoms with Gasteiger partial charge in [0.25, 0.3) is 5.91 Å². The number of nitrogens with zero attached hydrogens (tertiary/aromatic N) is 7. The van der Waals surface area contributed by atoms with Gasteiger partial charge in [-0.25, -0.2) is 9.50 Å². The Kier molecular flexibility index (Phi) is 6.12. The fourth-order valence-corrected chi connectivity index (χ4v) is 4.32. The summed E-state index contributed by atoms with van der Waals surface area (Å²) in [6.45, 7) is 2.88. The van der Waals surface area contributed by atoms with Crippen LogP contribution in [0.3, 0.4) is 0 Å². The lowest BCUT2D eigenvalue weighted by Gasteiger charge is -2.34. The SMILES string of the molecule is COc1ccc(-c2cc(C(F)(F)F)n3ncc(C(=O)N4CCN(Cc5cnn(C)c5)CC4)c3n2)cc1. The molecular formula is C24H24F3N7O2. The molecule has 0 spiro atoms. The number of benzene rings is 1. The Balaban J connectivity index is 1.42. The van der Waals surface area contributed by atoms with E-state index in [2.05, 4.69) is 20.1 Å². The molecule has 1 aliphatic heterocycles. The van der Waals surface area contributed by atoms with Crippen molar-refractivity contribution >= 4 is 11.6 Å². The number of piperazine rings is 1. The zero-order valence-electron chi connectivity index (χ0n) is 19.7. The third kappa shape index (κ3) is 4.63. The van der Waals surface area contributed by atoms with Crippen LogP contribution < -0.4 is 4.74 Å². The van der Waals surface area contributed by atoms with Crippen LogP contribution in [0.1, 0.15) is 21.6 Å². The number of hydrogen-bond acceptors (Lipinski definition) is 6. The number of hydrogen-bond donors (Lipinski definition) is 0. The van der Waals surface area contributed by atoms with Crippen LogP contribution in [0.4, 0.5) is 13.2 Å². The molecule has 0 aliphatic carbocycles. The maximum atomic E-state index is 13.9. The molecule has 0 unspecified atom stereocenters. The number of carbonyl (C=O) groups excluding carboxylic acids is 1. The van der Waals surface area contributed by atoms with Crippen molar-refractivity contribution in [3.63, 3.8) is 0 Å². The number of fused-ring (bicyclic) bond motifs is 1. The van der Waals surface area contributed by atoms with Crippen LogP contribution in [0.5, 0.6) is 5.75 Å². The maximum Gasteiger partial charge on any atom is 0.433 e. The average Bonchev–Trinajstić information content (AvgIpc) is 3.48. The summed E-state index contributed by atoms with van der Waals surface area (Å²) < 4.78 is 49.3. The Morgan fingerprint density at radius 3 is 2.39 bits per heavy atom. The number of alkyl halides is 3. The molecule has 0 atom stereocenters. The minimum Gasteiger partial charge on any atom is -0.497 e. The minimum atomic E-state index is -4.69. The third-order valence-corrected chi connectivity index (χ3v) is 6.20. The first kappa shape index (κ1) is 23.8. The van der Waals surface area contributed by atoms with E-state index in [9.17, 15) is 18.0 Å². The van der Waals surface area contributed by atoms with Gasteiger partial charge in [0.2, 0.25) is 0 Å². The highest BCUT2D eigenvalue weighted by atomic mass is 19.4. The van der Waals surface area contributed by atoms with E-state index in [4.69, 9.17) is 4.74 Å². The van der Waals surface area contributed by atoms with E-state index < -0.39 is 17.8 Å². The lowest BCUT2D eigenvalue weighted by atomic mass is 10.1. The quantitative estimate of drug-likeness (QED) is 0.420. The molecule has 1 aliphatic rings. The molecule has 36 heavy (non-hydrogen) atoms. The second-order valence-corrected chi connectivity index (χ2v) is 8.64. The monoisotopic (exact) mass is 499 g/mol. The van der Waals surface area contributed by atoms with Gasteiger partial charge < -0.3 is 9.64 Å². The molecule has 0 N–H and O–H groups in total. The lowest BCUT2D eigenvalue weighted by Crippen LogP contribution is -2.48. The molecule has 0 saturated carbocycles. The van der Waals surface area contributed by atoms with Gasteiger partial charge in [-0.15, -0.1) is 0 Å². The van der Waals surface area contributed by atoms with E-state index in [1.807, 2.05) is 13.2 Å². The van der Waals surface area contributed by atoms with Crippen LogP contribution in [0.15, 0.2) is 48.9 Å². The third-order valence-electron chi connectivity index (χ3n) is 6.20. The van der Waals surface area contributed by atoms with Crippen LogP contribution in [0, 0.1) is 0 Å². The van der Waals surface area contributed by atoms with E-state index in [1.54, 1.807) is 40.0 Å². The summed E-state index contributed by atoms with van der Waals surface area (Å²) >= 11 is 0. The normalized spacial score (nSPS) is 15.0. The number of amides is 1. The summed E-state index contributed by atoms with van der Waals surface area (Å²) in [6, 6.07) is 7.46. The van der Waals surface area contributed by atoms with Crippen LogP contribution in [0.2, 0.25) is 0 Å². The Labute approximate surface area is 204 Å². The molecule has 4 aromatic rings. The number of ether oxygens (including phenoxy) is 1. The lowest BCUT2D eigenvalue weighted by molar-refractivity contribution is -0.142. The van der Waals surface area contributed by atoms with Gasteiger partial charge in [-0.05, 0) is 30.3 Å². The van der Waals surface area contributed by atoms with Crippen molar-refractivity contribution in [3.05, 3.63) is 65.7 Å². The first-order valence-electron chi connectivity index (χ1n) is 11.3. The zero-order valence-corrected chi connectivity index (χ0v) is 19.7. The first-order valence-corrected chi connectivity index (χ1v) is 11.3. The number of rotatable bonds is 5. The first-order chi connectivity index (χ1) is 17.2. The van der Waals surface area contributed by atoms with Gasteiger partial charge in [-0.3, -0.25) is 14.4 Å². The number of aromatic nitrogens is 5. The summed E-state index contributed by atoms with van der Waals surface area (Å²) in [7, 11) is 3.36. The van der Waals surface area contributed by atoms with Gasteiger partial charge in [0.05, 0.1) is 25.2 Å². The number of carbonyl (C=O) groups is 1. The summed E-state index contributed by atoms with van der Waals surface area (Å²) in [5.74, 6) is 0.178. The molecule has 1 fully saturated rings.